The lowest BCUT2D eigenvalue weighted by atomic mass is 10.1. The number of aliphatic hydroxyl groups is 1. The first-order valence-corrected chi connectivity index (χ1v) is 6.58. The van der Waals surface area contributed by atoms with Crippen LogP contribution < -0.4 is 11.5 Å². The van der Waals surface area contributed by atoms with Gasteiger partial charge in [0.05, 0.1) is 12.9 Å². The molecule has 0 saturated carbocycles. The molecule has 0 aromatic carbocycles. The number of nitrogen functional groups attached to an aromatic ring is 1. The average molecular weight is 298 g/mol. The number of ether oxygens (including phenoxy) is 3. The standard InChI is InChI=1S/C12H18N4O5/c1-12(2)20-7-5(3-17)19-11(8(7)21-12)16-4-15-6(9(16)13)10(14)18/h4-5,7-8,11,17H,3,13H2,1-2H3,(H2,14,18)/t5-,7-,8-,11-/m1/s1. The van der Waals surface area contributed by atoms with Crippen molar-refractivity contribution >= 4 is 11.7 Å². The Bertz CT molecular complexity index is 572. The Hall–Kier alpha value is -1.68. The number of aliphatic hydroxyl groups excluding tert-OH is 1. The first-order chi connectivity index (χ1) is 9.84. The summed E-state index contributed by atoms with van der Waals surface area (Å²) in [7, 11) is 0. The Balaban J connectivity index is 1.94. The fraction of sp³-hybridized carbons (Fsp3) is 0.667. The Labute approximate surface area is 120 Å². The van der Waals surface area contributed by atoms with Gasteiger partial charge in [0, 0.05) is 0 Å². The third kappa shape index (κ3) is 2.18. The number of nitrogens with zero attached hydrogens (tertiary/aromatic N) is 2. The highest BCUT2D eigenvalue weighted by atomic mass is 16.8. The van der Waals surface area contributed by atoms with E-state index in [1.165, 1.54) is 10.9 Å². The fourth-order valence-electron chi connectivity index (χ4n) is 2.79. The van der Waals surface area contributed by atoms with Crippen LogP contribution in [0.25, 0.3) is 0 Å². The molecule has 21 heavy (non-hydrogen) atoms. The number of hydrogen-bond acceptors (Lipinski definition) is 7. The quantitative estimate of drug-likeness (QED) is 0.649. The van der Waals surface area contributed by atoms with Crippen LogP contribution in [0.15, 0.2) is 6.33 Å². The predicted octanol–water partition coefficient (Wildman–Crippen LogP) is -1.03. The Morgan fingerprint density at radius 3 is 2.71 bits per heavy atom. The third-order valence-corrected chi connectivity index (χ3v) is 3.64. The maximum atomic E-state index is 11.2. The van der Waals surface area contributed by atoms with Crippen LogP contribution in [0.5, 0.6) is 0 Å². The maximum absolute atomic E-state index is 11.2. The van der Waals surface area contributed by atoms with Crippen LogP contribution in [0.2, 0.25) is 0 Å². The molecule has 9 heteroatoms. The van der Waals surface area contributed by atoms with E-state index in [9.17, 15) is 9.90 Å². The number of anilines is 1. The molecule has 1 aromatic rings. The Morgan fingerprint density at radius 1 is 1.48 bits per heavy atom. The normalized spacial score (nSPS) is 34.0. The number of amides is 1. The van der Waals surface area contributed by atoms with Gasteiger partial charge in [0.1, 0.15) is 24.1 Å². The van der Waals surface area contributed by atoms with Crippen molar-refractivity contribution in [1.82, 2.24) is 9.55 Å². The molecule has 0 bridgehead atoms. The van der Waals surface area contributed by atoms with Crippen molar-refractivity contribution in [1.29, 1.82) is 0 Å². The number of rotatable bonds is 3. The molecule has 2 fully saturated rings. The van der Waals surface area contributed by atoms with E-state index >= 15 is 0 Å². The molecule has 3 rings (SSSR count). The molecule has 0 spiro atoms. The van der Waals surface area contributed by atoms with Crippen molar-refractivity contribution < 1.29 is 24.1 Å². The van der Waals surface area contributed by atoms with Gasteiger partial charge in [-0.2, -0.15) is 0 Å². The minimum atomic E-state index is -0.785. The summed E-state index contributed by atoms with van der Waals surface area (Å²) in [5.41, 5.74) is 11.1. The predicted molar refractivity (Wildman–Crippen MR) is 70.0 cm³/mol. The minimum Gasteiger partial charge on any atom is -0.394 e. The van der Waals surface area contributed by atoms with Crippen molar-refractivity contribution in [3.63, 3.8) is 0 Å². The summed E-state index contributed by atoms with van der Waals surface area (Å²) < 4.78 is 18.8. The number of nitrogens with two attached hydrogens (primary N) is 2. The van der Waals surface area contributed by atoms with Gasteiger partial charge in [-0.05, 0) is 13.8 Å². The van der Waals surface area contributed by atoms with Gasteiger partial charge in [0.2, 0.25) is 0 Å². The third-order valence-electron chi connectivity index (χ3n) is 3.64. The Kier molecular flexibility index (Phi) is 3.17. The zero-order valence-corrected chi connectivity index (χ0v) is 11.7. The van der Waals surface area contributed by atoms with E-state index in [0.717, 1.165) is 0 Å². The molecule has 0 radical (unpaired) electrons. The van der Waals surface area contributed by atoms with Gasteiger partial charge in [0.25, 0.3) is 5.91 Å². The van der Waals surface area contributed by atoms with Crippen LogP contribution >= 0.6 is 0 Å². The van der Waals surface area contributed by atoms with E-state index in [4.69, 9.17) is 25.7 Å². The van der Waals surface area contributed by atoms with E-state index in [0.29, 0.717) is 0 Å². The summed E-state index contributed by atoms with van der Waals surface area (Å²) in [5, 5.41) is 9.42. The van der Waals surface area contributed by atoms with Crippen LogP contribution in [-0.2, 0) is 14.2 Å². The number of hydrogen-bond donors (Lipinski definition) is 3. The largest absolute Gasteiger partial charge is 0.394 e. The van der Waals surface area contributed by atoms with E-state index in [-0.39, 0.29) is 18.1 Å². The first-order valence-electron chi connectivity index (χ1n) is 6.58. The SMILES string of the molecule is CC1(C)O[C@@H]2[C@H](O1)[C@@H](CO)O[C@H]2n1cnc(C(N)=O)c1N. The average Bonchev–Trinajstić information content (AvgIpc) is 3.00. The van der Waals surface area contributed by atoms with Crippen LogP contribution in [0.1, 0.15) is 30.6 Å². The molecule has 0 aliphatic carbocycles. The molecule has 2 aliphatic heterocycles. The molecule has 0 unspecified atom stereocenters. The van der Waals surface area contributed by atoms with Crippen molar-refractivity contribution in [3.05, 3.63) is 12.0 Å². The van der Waals surface area contributed by atoms with Crippen molar-refractivity contribution in [3.8, 4) is 0 Å². The van der Waals surface area contributed by atoms with Crippen LogP contribution in [0.4, 0.5) is 5.82 Å². The summed E-state index contributed by atoms with van der Waals surface area (Å²) in [6.07, 6.45) is -0.704. The second-order valence-corrected chi connectivity index (χ2v) is 5.56. The van der Waals surface area contributed by atoms with Crippen LogP contribution in [0.3, 0.4) is 0 Å². The van der Waals surface area contributed by atoms with Gasteiger partial charge in [-0.15, -0.1) is 0 Å². The van der Waals surface area contributed by atoms with Crippen molar-refractivity contribution in [2.75, 3.05) is 12.3 Å². The van der Waals surface area contributed by atoms with Gasteiger partial charge in [-0.3, -0.25) is 9.36 Å². The van der Waals surface area contributed by atoms with E-state index < -0.39 is 36.2 Å². The molecule has 5 N–H and O–H groups in total. The molecule has 2 aliphatic rings. The molecule has 1 amide bonds. The summed E-state index contributed by atoms with van der Waals surface area (Å²) in [6, 6.07) is 0. The number of imidazole rings is 1. The lowest BCUT2D eigenvalue weighted by Gasteiger charge is -2.24. The smallest absolute Gasteiger partial charge is 0.271 e. The highest BCUT2D eigenvalue weighted by Gasteiger charge is 2.56. The summed E-state index contributed by atoms with van der Waals surface area (Å²) >= 11 is 0. The van der Waals surface area contributed by atoms with E-state index in [1.807, 2.05) is 0 Å². The van der Waals surface area contributed by atoms with Crippen LogP contribution in [-0.4, -0.2) is 51.3 Å². The molecular formula is C12H18N4O5. The maximum Gasteiger partial charge on any atom is 0.271 e. The molecule has 116 valence electrons. The highest BCUT2D eigenvalue weighted by Crippen LogP contribution is 2.43. The van der Waals surface area contributed by atoms with Gasteiger partial charge < -0.3 is 30.8 Å². The lowest BCUT2D eigenvalue weighted by molar-refractivity contribution is -0.199. The summed E-state index contributed by atoms with van der Waals surface area (Å²) in [4.78, 5) is 15.1. The topological polar surface area (TPSA) is 135 Å². The molecule has 4 atom stereocenters. The van der Waals surface area contributed by atoms with Crippen molar-refractivity contribution in [2.45, 2.75) is 44.2 Å². The number of carbonyl (C=O) groups excluding carboxylic acids is 1. The minimum absolute atomic E-state index is 0.0271. The lowest BCUT2D eigenvalue weighted by Crippen LogP contribution is -2.31. The number of primary amides is 1. The zero-order valence-electron chi connectivity index (χ0n) is 11.7. The second-order valence-electron chi connectivity index (χ2n) is 5.56. The molecule has 3 heterocycles. The number of aromatic nitrogens is 2. The molecular weight excluding hydrogens is 280 g/mol. The molecule has 1 aromatic heterocycles. The highest BCUT2D eigenvalue weighted by molar-refractivity contribution is 5.95. The Morgan fingerprint density at radius 2 is 2.14 bits per heavy atom. The number of carbonyl (C=O) groups is 1. The van der Waals surface area contributed by atoms with E-state index in [2.05, 4.69) is 4.98 Å². The van der Waals surface area contributed by atoms with E-state index in [1.54, 1.807) is 13.8 Å². The van der Waals surface area contributed by atoms with Gasteiger partial charge >= 0.3 is 0 Å². The summed E-state index contributed by atoms with van der Waals surface area (Å²) in [6.45, 7) is 3.35. The zero-order chi connectivity index (χ0) is 15.4. The van der Waals surface area contributed by atoms with Gasteiger partial charge in [-0.25, -0.2) is 4.98 Å². The van der Waals surface area contributed by atoms with Gasteiger partial charge in [0.15, 0.2) is 17.7 Å². The molecule has 9 nitrogen and oxygen atoms in total. The monoisotopic (exact) mass is 298 g/mol. The fourth-order valence-corrected chi connectivity index (χ4v) is 2.79. The molecule has 2 saturated heterocycles. The van der Waals surface area contributed by atoms with Gasteiger partial charge in [-0.1, -0.05) is 0 Å². The second kappa shape index (κ2) is 4.67. The number of fused-ring (bicyclic) bond motifs is 1. The van der Waals surface area contributed by atoms with Crippen molar-refractivity contribution in [2.24, 2.45) is 5.73 Å². The first kappa shape index (κ1) is 14.3. The summed E-state index contributed by atoms with van der Waals surface area (Å²) in [5.74, 6) is -1.41. The van der Waals surface area contributed by atoms with Crippen LogP contribution in [0, 0.1) is 0 Å².